The number of cyclic esters (lactones) is 1. The SMILES string of the molecule is CCCCCCOC(=O)C1(C)C(=O)OCC1C. The van der Waals surface area contributed by atoms with Crippen LogP contribution in [-0.2, 0) is 19.1 Å². The smallest absolute Gasteiger partial charge is 0.323 e. The number of hydrogen-bond donors (Lipinski definition) is 0. The molecule has 2 unspecified atom stereocenters. The van der Waals surface area contributed by atoms with Gasteiger partial charge in [-0.1, -0.05) is 33.1 Å². The highest BCUT2D eigenvalue weighted by Crippen LogP contribution is 2.36. The van der Waals surface area contributed by atoms with Crippen LogP contribution in [0.15, 0.2) is 0 Å². The summed E-state index contributed by atoms with van der Waals surface area (Å²) in [7, 11) is 0. The van der Waals surface area contributed by atoms with Crippen LogP contribution >= 0.6 is 0 Å². The molecule has 4 nitrogen and oxygen atoms in total. The summed E-state index contributed by atoms with van der Waals surface area (Å²) in [4.78, 5) is 23.5. The zero-order valence-electron chi connectivity index (χ0n) is 11.0. The fourth-order valence-electron chi connectivity index (χ4n) is 1.85. The fourth-order valence-corrected chi connectivity index (χ4v) is 1.85. The van der Waals surface area contributed by atoms with Crippen molar-refractivity contribution in [3.8, 4) is 0 Å². The normalized spacial score (nSPS) is 27.9. The Kier molecular flexibility index (Phi) is 4.97. The first-order valence-corrected chi connectivity index (χ1v) is 6.38. The highest BCUT2D eigenvalue weighted by Gasteiger charge is 2.53. The molecular weight excluding hydrogens is 220 g/mol. The van der Waals surface area contributed by atoms with Crippen molar-refractivity contribution in [2.45, 2.75) is 46.5 Å². The standard InChI is InChI=1S/C13H22O4/c1-4-5-6-7-8-16-11(14)13(3)10(2)9-17-12(13)15/h10H,4-9H2,1-3H3. The van der Waals surface area contributed by atoms with Crippen LogP contribution in [0.3, 0.4) is 0 Å². The molecule has 17 heavy (non-hydrogen) atoms. The van der Waals surface area contributed by atoms with Crippen molar-refractivity contribution in [1.29, 1.82) is 0 Å². The molecule has 0 aromatic carbocycles. The topological polar surface area (TPSA) is 52.6 Å². The summed E-state index contributed by atoms with van der Waals surface area (Å²) >= 11 is 0. The minimum Gasteiger partial charge on any atom is -0.465 e. The average Bonchev–Trinajstić information content (AvgIpc) is 2.57. The van der Waals surface area contributed by atoms with Gasteiger partial charge in [0.1, 0.15) is 0 Å². The van der Waals surface area contributed by atoms with Crippen molar-refractivity contribution >= 4 is 11.9 Å². The van der Waals surface area contributed by atoms with Crippen LogP contribution in [0.2, 0.25) is 0 Å². The van der Waals surface area contributed by atoms with Crippen molar-refractivity contribution in [2.24, 2.45) is 11.3 Å². The van der Waals surface area contributed by atoms with E-state index in [1.807, 2.05) is 6.92 Å². The van der Waals surface area contributed by atoms with Crippen molar-refractivity contribution < 1.29 is 19.1 Å². The molecule has 0 aliphatic carbocycles. The number of carbonyl (C=O) groups excluding carboxylic acids is 2. The summed E-state index contributed by atoms with van der Waals surface area (Å²) in [5.74, 6) is -1.01. The predicted octanol–water partition coefficient (Wildman–Crippen LogP) is 2.31. The van der Waals surface area contributed by atoms with Gasteiger partial charge in [0.05, 0.1) is 13.2 Å². The lowest BCUT2D eigenvalue weighted by molar-refractivity contribution is -0.165. The molecule has 1 rings (SSSR count). The molecule has 0 radical (unpaired) electrons. The summed E-state index contributed by atoms with van der Waals surface area (Å²) in [5.41, 5.74) is -1.11. The Balaban J connectivity index is 2.39. The largest absolute Gasteiger partial charge is 0.465 e. The van der Waals surface area contributed by atoms with Crippen LogP contribution in [0.4, 0.5) is 0 Å². The van der Waals surface area contributed by atoms with E-state index in [2.05, 4.69) is 6.92 Å². The van der Waals surface area contributed by atoms with Gasteiger partial charge in [-0.05, 0) is 13.3 Å². The van der Waals surface area contributed by atoms with Crippen LogP contribution < -0.4 is 0 Å². The summed E-state index contributed by atoms with van der Waals surface area (Å²) in [6.45, 7) is 6.28. The Bertz CT molecular complexity index is 287. The maximum absolute atomic E-state index is 11.9. The maximum Gasteiger partial charge on any atom is 0.323 e. The van der Waals surface area contributed by atoms with E-state index in [9.17, 15) is 9.59 Å². The Morgan fingerprint density at radius 2 is 2.18 bits per heavy atom. The molecule has 1 saturated heterocycles. The molecule has 0 N–H and O–H groups in total. The lowest BCUT2D eigenvalue weighted by Crippen LogP contribution is -2.39. The van der Waals surface area contributed by atoms with Crippen molar-refractivity contribution in [3.05, 3.63) is 0 Å². The van der Waals surface area contributed by atoms with Crippen LogP contribution in [0.25, 0.3) is 0 Å². The average molecular weight is 242 g/mol. The zero-order chi connectivity index (χ0) is 12.9. The van der Waals surface area contributed by atoms with E-state index in [4.69, 9.17) is 9.47 Å². The molecule has 0 bridgehead atoms. The second kappa shape index (κ2) is 6.03. The lowest BCUT2D eigenvalue weighted by Gasteiger charge is -2.21. The molecule has 0 aromatic rings. The van der Waals surface area contributed by atoms with Gasteiger partial charge in [-0.15, -0.1) is 0 Å². The molecular formula is C13H22O4. The van der Waals surface area contributed by atoms with Gasteiger partial charge in [0.2, 0.25) is 0 Å². The van der Waals surface area contributed by atoms with Gasteiger partial charge in [-0.25, -0.2) is 0 Å². The number of ether oxygens (including phenoxy) is 2. The van der Waals surface area contributed by atoms with Crippen molar-refractivity contribution in [2.75, 3.05) is 13.2 Å². The van der Waals surface area contributed by atoms with Gasteiger partial charge in [0.25, 0.3) is 0 Å². The summed E-state index contributed by atoms with van der Waals surface area (Å²) in [5, 5.41) is 0. The monoisotopic (exact) mass is 242 g/mol. The van der Waals surface area contributed by atoms with Gasteiger partial charge in [-0.3, -0.25) is 9.59 Å². The number of carbonyl (C=O) groups is 2. The molecule has 4 heteroatoms. The van der Waals surface area contributed by atoms with E-state index in [1.165, 1.54) is 0 Å². The molecule has 0 amide bonds. The van der Waals surface area contributed by atoms with Crippen LogP contribution in [0.1, 0.15) is 46.5 Å². The van der Waals surface area contributed by atoms with Crippen LogP contribution in [-0.4, -0.2) is 25.2 Å². The minimum absolute atomic E-state index is 0.113. The first-order chi connectivity index (χ1) is 8.03. The molecule has 1 aliphatic heterocycles. The first-order valence-electron chi connectivity index (χ1n) is 6.38. The molecule has 0 spiro atoms. The van der Waals surface area contributed by atoms with Crippen molar-refractivity contribution in [1.82, 2.24) is 0 Å². The lowest BCUT2D eigenvalue weighted by atomic mass is 9.80. The van der Waals surface area contributed by atoms with E-state index in [1.54, 1.807) is 6.92 Å². The van der Waals surface area contributed by atoms with Gasteiger partial charge in [0, 0.05) is 5.92 Å². The van der Waals surface area contributed by atoms with E-state index < -0.39 is 17.4 Å². The second-order valence-electron chi connectivity index (χ2n) is 4.90. The molecule has 1 aliphatic rings. The number of hydrogen-bond acceptors (Lipinski definition) is 4. The minimum atomic E-state index is -1.11. The Labute approximate surface area is 103 Å². The molecule has 2 atom stereocenters. The molecule has 0 saturated carbocycles. The van der Waals surface area contributed by atoms with E-state index in [0.29, 0.717) is 13.2 Å². The molecule has 1 fully saturated rings. The third kappa shape index (κ3) is 2.99. The number of esters is 2. The summed E-state index contributed by atoms with van der Waals surface area (Å²) in [6, 6.07) is 0. The van der Waals surface area contributed by atoms with Gasteiger partial charge in [-0.2, -0.15) is 0 Å². The quantitative estimate of drug-likeness (QED) is 0.407. The van der Waals surface area contributed by atoms with Gasteiger partial charge < -0.3 is 9.47 Å². The molecule has 98 valence electrons. The number of unbranched alkanes of at least 4 members (excludes halogenated alkanes) is 3. The Morgan fingerprint density at radius 3 is 2.71 bits per heavy atom. The first kappa shape index (κ1) is 14.0. The molecule has 1 heterocycles. The van der Waals surface area contributed by atoms with Gasteiger partial charge >= 0.3 is 11.9 Å². The van der Waals surface area contributed by atoms with Crippen LogP contribution in [0, 0.1) is 11.3 Å². The third-order valence-electron chi connectivity index (χ3n) is 3.53. The Hall–Kier alpha value is -1.06. The van der Waals surface area contributed by atoms with Crippen molar-refractivity contribution in [3.63, 3.8) is 0 Å². The highest BCUT2D eigenvalue weighted by atomic mass is 16.6. The van der Waals surface area contributed by atoms with E-state index in [0.717, 1.165) is 25.7 Å². The van der Waals surface area contributed by atoms with Crippen LogP contribution in [0.5, 0.6) is 0 Å². The summed E-state index contributed by atoms with van der Waals surface area (Å²) in [6.07, 6.45) is 4.21. The maximum atomic E-state index is 11.9. The zero-order valence-corrected chi connectivity index (χ0v) is 11.0. The van der Waals surface area contributed by atoms with E-state index >= 15 is 0 Å². The summed E-state index contributed by atoms with van der Waals surface area (Å²) < 4.78 is 10.1. The predicted molar refractivity (Wildman–Crippen MR) is 63.3 cm³/mol. The van der Waals surface area contributed by atoms with E-state index in [-0.39, 0.29) is 5.92 Å². The van der Waals surface area contributed by atoms with Gasteiger partial charge in [0.15, 0.2) is 5.41 Å². The fraction of sp³-hybridized carbons (Fsp3) is 0.846. The third-order valence-corrected chi connectivity index (χ3v) is 3.53. The Morgan fingerprint density at radius 1 is 1.47 bits per heavy atom. The molecule has 0 aromatic heterocycles. The second-order valence-corrected chi connectivity index (χ2v) is 4.90. The highest BCUT2D eigenvalue weighted by molar-refractivity contribution is 6.01. The number of rotatable bonds is 6.